The Morgan fingerprint density at radius 1 is 1.07 bits per heavy atom. The van der Waals surface area contributed by atoms with Gasteiger partial charge in [-0.05, 0) is 42.4 Å². The van der Waals surface area contributed by atoms with Gasteiger partial charge in [-0.25, -0.2) is 4.79 Å². The van der Waals surface area contributed by atoms with E-state index in [1.54, 1.807) is 27.2 Å². The van der Waals surface area contributed by atoms with Crippen LogP contribution in [0, 0.1) is 0 Å². The topological polar surface area (TPSA) is 68.8 Å². The minimum Gasteiger partial charge on any atom is -0.493 e. The first-order chi connectivity index (χ1) is 13.6. The fourth-order valence-electron chi connectivity index (χ4n) is 3.11. The number of ether oxygens (including phenoxy) is 3. The average molecular weight is 398 g/mol. The molecule has 146 valence electrons. The quantitative estimate of drug-likeness (QED) is 0.572. The highest BCUT2D eigenvalue weighted by Crippen LogP contribution is 2.36. The number of hydrogen-bond donors (Lipinski definition) is 2. The summed E-state index contributed by atoms with van der Waals surface area (Å²) in [4.78, 5) is 12.9. The normalized spacial score (nSPS) is 16.1. The number of carbonyl (C=O) groups is 1. The molecule has 1 aliphatic rings. The third-order valence-electron chi connectivity index (χ3n) is 4.37. The molecule has 0 bridgehead atoms. The molecule has 0 amide bonds. The van der Waals surface area contributed by atoms with Crippen LogP contribution in [0.1, 0.15) is 24.1 Å². The molecule has 0 aromatic heterocycles. The van der Waals surface area contributed by atoms with E-state index >= 15 is 0 Å². The van der Waals surface area contributed by atoms with Gasteiger partial charge in [-0.15, -0.1) is 0 Å². The van der Waals surface area contributed by atoms with Gasteiger partial charge < -0.3 is 24.8 Å². The van der Waals surface area contributed by atoms with Crippen molar-refractivity contribution in [1.29, 1.82) is 0 Å². The lowest BCUT2D eigenvalue weighted by molar-refractivity contribution is -0.138. The van der Waals surface area contributed by atoms with E-state index in [-0.39, 0.29) is 6.61 Å². The van der Waals surface area contributed by atoms with Crippen molar-refractivity contribution < 1.29 is 19.0 Å². The van der Waals surface area contributed by atoms with Crippen LogP contribution in [-0.4, -0.2) is 31.9 Å². The zero-order valence-corrected chi connectivity index (χ0v) is 16.8. The maximum Gasteiger partial charge on any atom is 0.338 e. The molecule has 0 fully saturated rings. The van der Waals surface area contributed by atoms with Crippen molar-refractivity contribution in [3.63, 3.8) is 0 Å². The zero-order chi connectivity index (χ0) is 20.1. The number of esters is 1. The van der Waals surface area contributed by atoms with Gasteiger partial charge in [0.2, 0.25) is 0 Å². The number of thiocarbonyl (C=S) groups is 1. The fourth-order valence-corrected chi connectivity index (χ4v) is 3.33. The lowest BCUT2D eigenvalue weighted by atomic mass is 9.92. The molecule has 0 saturated heterocycles. The van der Waals surface area contributed by atoms with Crippen LogP contribution in [0.3, 0.4) is 0 Å². The van der Waals surface area contributed by atoms with Crippen LogP contribution < -0.4 is 20.1 Å². The first-order valence-electron chi connectivity index (χ1n) is 8.85. The first kappa shape index (κ1) is 19.7. The Kier molecular flexibility index (Phi) is 6.16. The second-order valence-electron chi connectivity index (χ2n) is 6.02. The van der Waals surface area contributed by atoms with Crippen molar-refractivity contribution in [3.8, 4) is 11.5 Å². The van der Waals surface area contributed by atoms with Crippen molar-refractivity contribution in [2.24, 2.45) is 0 Å². The lowest BCUT2D eigenvalue weighted by Gasteiger charge is -2.31. The molecule has 2 N–H and O–H groups in total. The van der Waals surface area contributed by atoms with Crippen LogP contribution >= 0.6 is 12.2 Å². The summed E-state index contributed by atoms with van der Waals surface area (Å²) in [6, 6.07) is 14.6. The van der Waals surface area contributed by atoms with Gasteiger partial charge in [0.1, 0.15) is 0 Å². The van der Waals surface area contributed by atoms with E-state index in [2.05, 4.69) is 10.6 Å². The second kappa shape index (κ2) is 8.75. The van der Waals surface area contributed by atoms with Crippen molar-refractivity contribution in [2.45, 2.75) is 13.0 Å². The predicted octanol–water partition coefficient (Wildman–Crippen LogP) is 3.20. The number of hydrogen-bond acceptors (Lipinski definition) is 5. The summed E-state index contributed by atoms with van der Waals surface area (Å²) in [6.45, 7) is 2.05. The van der Waals surface area contributed by atoms with E-state index < -0.39 is 12.0 Å². The van der Waals surface area contributed by atoms with Gasteiger partial charge in [0.25, 0.3) is 0 Å². The summed E-state index contributed by atoms with van der Waals surface area (Å²) < 4.78 is 16.1. The zero-order valence-electron chi connectivity index (χ0n) is 15.9. The van der Waals surface area contributed by atoms with E-state index in [0.717, 1.165) is 11.1 Å². The second-order valence-corrected chi connectivity index (χ2v) is 6.43. The van der Waals surface area contributed by atoms with E-state index in [4.69, 9.17) is 26.4 Å². The van der Waals surface area contributed by atoms with E-state index in [1.807, 2.05) is 42.5 Å². The van der Waals surface area contributed by atoms with Crippen molar-refractivity contribution >= 4 is 29.0 Å². The minimum absolute atomic E-state index is 0.271. The molecule has 0 saturated carbocycles. The summed E-state index contributed by atoms with van der Waals surface area (Å²) in [5.74, 6) is 0.757. The Morgan fingerprint density at radius 2 is 1.79 bits per heavy atom. The van der Waals surface area contributed by atoms with Crippen LogP contribution in [0.4, 0.5) is 0 Å². The molecule has 1 unspecified atom stereocenters. The molecule has 1 aliphatic heterocycles. The highest BCUT2D eigenvalue weighted by atomic mass is 32.1. The molecule has 1 heterocycles. The fraction of sp³-hybridized carbons (Fsp3) is 0.238. The Bertz CT molecular complexity index is 912. The minimum atomic E-state index is -0.497. The highest BCUT2D eigenvalue weighted by Gasteiger charge is 2.33. The molecule has 6 nitrogen and oxygen atoms in total. The molecule has 7 heteroatoms. The van der Waals surface area contributed by atoms with E-state index in [0.29, 0.717) is 27.9 Å². The van der Waals surface area contributed by atoms with Gasteiger partial charge in [0, 0.05) is 0 Å². The largest absolute Gasteiger partial charge is 0.493 e. The Hall–Kier alpha value is -3.06. The third-order valence-corrected chi connectivity index (χ3v) is 4.59. The molecular weight excluding hydrogens is 376 g/mol. The van der Waals surface area contributed by atoms with Crippen LogP contribution in [0.5, 0.6) is 11.5 Å². The third kappa shape index (κ3) is 3.94. The number of benzene rings is 2. The van der Waals surface area contributed by atoms with Gasteiger partial charge in [-0.1, -0.05) is 36.4 Å². The standard InChI is InChI=1S/C21H22N2O4S/c1-4-27-20(24)17-18(13-8-6-5-7-9-13)22-21(28)23-19(17)14-10-11-15(25-2)16(12-14)26-3/h5-12,19H,4H2,1-3H3,(H2,22,23,28). The van der Waals surface area contributed by atoms with Gasteiger partial charge in [0.05, 0.1) is 38.1 Å². The maximum absolute atomic E-state index is 12.9. The number of rotatable bonds is 6. The molecular formula is C21H22N2O4S. The molecule has 1 atom stereocenters. The van der Waals surface area contributed by atoms with Crippen LogP contribution in [0.25, 0.3) is 5.70 Å². The predicted molar refractivity (Wildman–Crippen MR) is 111 cm³/mol. The monoisotopic (exact) mass is 398 g/mol. The molecule has 2 aromatic rings. The molecule has 2 aromatic carbocycles. The summed E-state index contributed by atoms with van der Waals surface area (Å²) >= 11 is 5.41. The molecule has 0 spiro atoms. The molecule has 3 rings (SSSR count). The van der Waals surface area contributed by atoms with Crippen molar-refractivity contribution in [2.75, 3.05) is 20.8 Å². The molecule has 0 aliphatic carbocycles. The van der Waals surface area contributed by atoms with Crippen molar-refractivity contribution in [1.82, 2.24) is 10.6 Å². The summed E-state index contributed by atoms with van der Waals surface area (Å²) in [5, 5.41) is 6.71. The lowest BCUT2D eigenvalue weighted by Crippen LogP contribution is -2.45. The van der Waals surface area contributed by atoms with E-state index in [9.17, 15) is 4.79 Å². The van der Waals surface area contributed by atoms with Gasteiger partial charge in [0.15, 0.2) is 16.6 Å². The van der Waals surface area contributed by atoms with Gasteiger partial charge >= 0.3 is 5.97 Å². The number of methoxy groups -OCH3 is 2. The van der Waals surface area contributed by atoms with Crippen LogP contribution in [-0.2, 0) is 9.53 Å². The van der Waals surface area contributed by atoms with E-state index in [1.165, 1.54) is 0 Å². The van der Waals surface area contributed by atoms with Crippen molar-refractivity contribution in [3.05, 3.63) is 65.2 Å². The number of nitrogens with one attached hydrogen (secondary N) is 2. The Labute approximate surface area is 169 Å². The molecule has 0 radical (unpaired) electrons. The maximum atomic E-state index is 12.9. The Morgan fingerprint density at radius 3 is 2.43 bits per heavy atom. The SMILES string of the molecule is CCOC(=O)C1=C(c2ccccc2)NC(=S)NC1c1ccc(OC)c(OC)c1. The smallest absolute Gasteiger partial charge is 0.338 e. The van der Waals surface area contributed by atoms with Crippen LogP contribution in [0.2, 0.25) is 0 Å². The number of carbonyl (C=O) groups excluding carboxylic acids is 1. The highest BCUT2D eigenvalue weighted by molar-refractivity contribution is 7.80. The van der Waals surface area contributed by atoms with Crippen LogP contribution in [0.15, 0.2) is 54.1 Å². The first-order valence-corrected chi connectivity index (χ1v) is 9.26. The van der Waals surface area contributed by atoms with Gasteiger partial charge in [-0.2, -0.15) is 0 Å². The summed E-state index contributed by atoms with van der Waals surface area (Å²) in [6.07, 6.45) is 0. The summed E-state index contributed by atoms with van der Waals surface area (Å²) in [5.41, 5.74) is 2.73. The average Bonchev–Trinajstić information content (AvgIpc) is 2.73. The summed E-state index contributed by atoms with van der Waals surface area (Å²) in [7, 11) is 3.15. The van der Waals surface area contributed by atoms with Gasteiger partial charge in [-0.3, -0.25) is 0 Å². The molecule has 28 heavy (non-hydrogen) atoms. The Balaban J connectivity index is 2.17.